The number of primary amides is 1. The highest BCUT2D eigenvalue weighted by atomic mass is 79.9. The van der Waals surface area contributed by atoms with Gasteiger partial charge in [-0.2, -0.15) is 0 Å². The Bertz CT molecular complexity index is 477. The first-order chi connectivity index (χ1) is 9.57. The lowest BCUT2D eigenvalue weighted by Crippen LogP contribution is -2.50. The summed E-state index contributed by atoms with van der Waals surface area (Å²) in [6, 6.07) is 7.89. The Balaban J connectivity index is 2.22. The lowest BCUT2D eigenvalue weighted by molar-refractivity contribution is -0.122. The summed E-state index contributed by atoms with van der Waals surface area (Å²) in [6.45, 7) is 2.23. The van der Waals surface area contributed by atoms with Crippen molar-refractivity contribution in [2.75, 3.05) is 5.32 Å². The second-order valence-corrected chi connectivity index (χ2v) is 6.61. The lowest BCUT2D eigenvalue weighted by atomic mass is 9.88. The number of amides is 1. The van der Waals surface area contributed by atoms with Gasteiger partial charge in [0.05, 0.1) is 0 Å². The second kappa shape index (κ2) is 6.61. The first-order valence-corrected chi connectivity index (χ1v) is 8.19. The van der Waals surface area contributed by atoms with E-state index in [9.17, 15) is 4.79 Å². The van der Waals surface area contributed by atoms with Crippen molar-refractivity contribution in [1.82, 2.24) is 0 Å². The third-order valence-electron chi connectivity index (χ3n) is 4.49. The summed E-state index contributed by atoms with van der Waals surface area (Å²) >= 11 is 3.53. The molecule has 1 aliphatic rings. The number of hydrogen-bond donors (Lipinski definition) is 2. The van der Waals surface area contributed by atoms with E-state index in [4.69, 9.17) is 5.73 Å². The predicted octanol–water partition coefficient (Wildman–Crippen LogP) is 4.08. The van der Waals surface area contributed by atoms with Crippen molar-refractivity contribution in [3.05, 3.63) is 28.7 Å². The van der Waals surface area contributed by atoms with Crippen LogP contribution in [0.3, 0.4) is 0 Å². The molecule has 110 valence electrons. The molecule has 0 heterocycles. The van der Waals surface area contributed by atoms with E-state index in [0.29, 0.717) is 0 Å². The summed E-state index contributed by atoms with van der Waals surface area (Å²) in [6.07, 6.45) is 6.14. The molecule has 4 heteroatoms. The summed E-state index contributed by atoms with van der Waals surface area (Å²) in [7, 11) is 0. The predicted molar refractivity (Wildman–Crippen MR) is 86.6 cm³/mol. The van der Waals surface area contributed by atoms with Crippen LogP contribution < -0.4 is 11.1 Å². The number of benzene rings is 1. The van der Waals surface area contributed by atoms with E-state index >= 15 is 0 Å². The summed E-state index contributed by atoms with van der Waals surface area (Å²) in [5.74, 6) is 0.488. The Labute approximate surface area is 129 Å². The van der Waals surface area contributed by atoms with E-state index < -0.39 is 5.54 Å². The van der Waals surface area contributed by atoms with Gasteiger partial charge < -0.3 is 11.1 Å². The molecule has 0 aliphatic heterocycles. The molecular formula is C16H23BrN2O. The number of rotatable bonds is 4. The average Bonchev–Trinajstić information content (AvgIpc) is 2.65. The summed E-state index contributed by atoms with van der Waals surface area (Å²) in [4.78, 5) is 12.1. The zero-order valence-corrected chi connectivity index (χ0v) is 13.6. The van der Waals surface area contributed by atoms with Gasteiger partial charge >= 0.3 is 0 Å². The van der Waals surface area contributed by atoms with Gasteiger partial charge in [0.15, 0.2) is 0 Å². The van der Waals surface area contributed by atoms with Crippen LogP contribution >= 0.6 is 15.9 Å². The van der Waals surface area contributed by atoms with Crippen molar-refractivity contribution >= 4 is 27.5 Å². The molecule has 0 aromatic heterocycles. The van der Waals surface area contributed by atoms with Crippen molar-refractivity contribution in [2.24, 2.45) is 11.7 Å². The molecule has 2 unspecified atom stereocenters. The minimum Gasteiger partial charge on any atom is -0.370 e. The molecule has 0 bridgehead atoms. The smallest absolute Gasteiger partial charge is 0.243 e. The van der Waals surface area contributed by atoms with E-state index in [1.165, 1.54) is 12.8 Å². The zero-order chi connectivity index (χ0) is 14.6. The largest absolute Gasteiger partial charge is 0.370 e. The highest BCUT2D eigenvalue weighted by Gasteiger charge is 2.38. The van der Waals surface area contributed by atoms with Crippen molar-refractivity contribution in [3.8, 4) is 0 Å². The molecule has 1 saturated carbocycles. The molecule has 0 saturated heterocycles. The number of nitrogens with two attached hydrogens (primary N) is 1. The standard InChI is InChI=1S/C16H23BrN2O/c1-2-12-6-5-10-16(11-9-12,15(18)20)19-14-8-4-3-7-13(14)17/h3-4,7-8,12,19H,2,5-6,9-11H2,1H3,(H2,18,20). The fraction of sp³-hybridized carbons (Fsp3) is 0.562. The maximum Gasteiger partial charge on any atom is 0.243 e. The molecule has 1 fully saturated rings. The summed E-state index contributed by atoms with van der Waals surface area (Å²) in [5.41, 5.74) is 6.08. The van der Waals surface area contributed by atoms with Gasteiger partial charge in [0.2, 0.25) is 5.91 Å². The number of carbonyl (C=O) groups excluding carboxylic acids is 1. The molecule has 1 aromatic carbocycles. The van der Waals surface area contributed by atoms with Crippen LogP contribution in [0.2, 0.25) is 0 Å². The highest BCUT2D eigenvalue weighted by Crippen LogP contribution is 2.36. The highest BCUT2D eigenvalue weighted by molar-refractivity contribution is 9.10. The number of carbonyl (C=O) groups is 1. The van der Waals surface area contributed by atoms with Crippen LogP contribution in [-0.2, 0) is 4.79 Å². The molecule has 1 aromatic rings. The average molecular weight is 339 g/mol. The third kappa shape index (κ3) is 3.35. The van der Waals surface area contributed by atoms with Crippen LogP contribution in [0.1, 0.15) is 45.4 Å². The maximum atomic E-state index is 12.1. The van der Waals surface area contributed by atoms with Gasteiger partial charge in [-0.15, -0.1) is 0 Å². The molecular weight excluding hydrogens is 316 g/mol. The Morgan fingerprint density at radius 2 is 2.15 bits per heavy atom. The van der Waals surface area contributed by atoms with E-state index in [-0.39, 0.29) is 5.91 Å². The molecule has 0 spiro atoms. The molecule has 1 aliphatic carbocycles. The topological polar surface area (TPSA) is 55.1 Å². The van der Waals surface area contributed by atoms with Crippen molar-refractivity contribution in [3.63, 3.8) is 0 Å². The SMILES string of the molecule is CCC1CCCC(Nc2ccccc2Br)(C(N)=O)CC1. The number of hydrogen-bond acceptors (Lipinski definition) is 2. The van der Waals surface area contributed by atoms with E-state index in [1.54, 1.807) is 0 Å². The molecule has 1 amide bonds. The fourth-order valence-electron chi connectivity index (χ4n) is 3.07. The van der Waals surface area contributed by atoms with Gasteiger partial charge in [-0.1, -0.05) is 38.3 Å². The van der Waals surface area contributed by atoms with E-state index in [2.05, 4.69) is 28.2 Å². The van der Waals surface area contributed by atoms with E-state index in [0.717, 1.165) is 41.8 Å². The number of nitrogens with one attached hydrogen (secondary N) is 1. The Morgan fingerprint density at radius 1 is 1.40 bits per heavy atom. The van der Waals surface area contributed by atoms with Gasteiger partial charge in [-0.3, -0.25) is 4.79 Å². The van der Waals surface area contributed by atoms with Gasteiger partial charge in [0, 0.05) is 10.2 Å². The van der Waals surface area contributed by atoms with Gasteiger partial charge in [-0.25, -0.2) is 0 Å². The van der Waals surface area contributed by atoms with Crippen molar-refractivity contribution < 1.29 is 4.79 Å². The number of anilines is 1. The molecule has 2 atom stereocenters. The zero-order valence-electron chi connectivity index (χ0n) is 12.0. The number of para-hydroxylation sites is 1. The molecule has 2 rings (SSSR count). The second-order valence-electron chi connectivity index (χ2n) is 5.76. The Hall–Kier alpha value is -1.03. The Morgan fingerprint density at radius 3 is 2.80 bits per heavy atom. The molecule has 3 N–H and O–H groups in total. The summed E-state index contributed by atoms with van der Waals surface area (Å²) < 4.78 is 0.969. The van der Waals surface area contributed by atoms with Crippen LogP contribution in [0.4, 0.5) is 5.69 Å². The normalized spacial score (nSPS) is 26.8. The molecule has 20 heavy (non-hydrogen) atoms. The quantitative estimate of drug-likeness (QED) is 0.813. The van der Waals surface area contributed by atoms with Gasteiger partial charge in [0.25, 0.3) is 0 Å². The lowest BCUT2D eigenvalue weighted by Gasteiger charge is -2.32. The number of halogens is 1. The van der Waals surface area contributed by atoms with Gasteiger partial charge in [0.1, 0.15) is 5.54 Å². The van der Waals surface area contributed by atoms with Crippen LogP contribution in [0.25, 0.3) is 0 Å². The monoisotopic (exact) mass is 338 g/mol. The first-order valence-electron chi connectivity index (χ1n) is 7.40. The Kier molecular flexibility index (Phi) is 5.08. The minimum absolute atomic E-state index is 0.231. The fourth-order valence-corrected chi connectivity index (χ4v) is 3.46. The minimum atomic E-state index is -0.603. The first kappa shape index (κ1) is 15.4. The van der Waals surface area contributed by atoms with Crippen LogP contribution in [0.15, 0.2) is 28.7 Å². The van der Waals surface area contributed by atoms with Crippen LogP contribution in [0, 0.1) is 5.92 Å². The maximum absolute atomic E-state index is 12.1. The van der Waals surface area contributed by atoms with E-state index in [1.807, 2.05) is 24.3 Å². The van der Waals surface area contributed by atoms with Crippen molar-refractivity contribution in [1.29, 1.82) is 0 Å². The van der Waals surface area contributed by atoms with Gasteiger partial charge in [-0.05, 0) is 53.2 Å². The summed E-state index contributed by atoms with van der Waals surface area (Å²) in [5, 5.41) is 3.43. The molecule has 0 radical (unpaired) electrons. The van der Waals surface area contributed by atoms with Crippen molar-refractivity contribution in [2.45, 2.75) is 51.0 Å². The van der Waals surface area contributed by atoms with Crippen LogP contribution in [0.5, 0.6) is 0 Å². The van der Waals surface area contributed by atoms with Crippen LogP contribution in [-0.4, -0.2) is 11.4 Å². The third-order valence-corrected chi connectivity index (χ3v) is 5.18. The molecule has 3 nitrogen and oxygen atoms in total.